The minimum absolute atomic E-state index is 0.0318. The van der Waals surface area contributed by atoms with Gasteiger partial charge in [-0.15, -0.1) is 0 Å². The van der Waals surface area contributed by atoms with E-state index in [4.69, 9.17) is 0 Å². The van der Waals surface area contributed by atoms with Crippen LogP contribution in [0.25, 0.3) is 0 Å². The van der Waals surface area contributed by atoms with Crippen LogP contribution in [0, 0.1) is 5.92 Å². The quantitative estimate of drug-likeness (QED) is 0.729. The Morgan fingerprint density at radius 1 is 1.35 bits per heavy atom. The van der Waals surface area contributed by atoms with Crippen molar-refractivity contribution in [1.29, 1.82) is 0 Å². The molecule has 2 aliphatic rings. The Morgan fingerprint density at radius 2 is 2.10 bits per heavy atom. The van der Waals surface area contributed by atoms with Gasteiger partial charge in [-0.1, -0.05) is 13.3 Å². The molecular weight excluding hydrogens is 250 g/mol. The van der Waals surface area contributed by atoms with Crippen molar-refractivity contribution in [2.75, 3.05) is 26.2 Å². The topological polar surface area (TPSA) is 44.4 Å². The van der Waals surface area contributed by atoms with Gasteiger partial charge in [0.15, 0.2) is 0 Å². The van der Waals surface area contributed by atoms with E-state index in [2.05, 4.69) is 29.4 Å². The molecule has 4 nitrogen and oxygen atoms in total. The molecule has 0 aromatic rings. The number of carbonyl (C=O) groups excluding carboxylic acids is 1. The fourth-order valence-corrected chi connectivity index (χ4v) is 3.52. The van der Waals surface area contributed by atoms with Gasteiger partial charge < -0.3 is 10.6 Å². The van der Waals surface area contributed by atoms with Crippen LogP contribution in [-0.4, -0.2) is 49.1 Å². The third-order valence-corrected chi connectivity index (χ3v) is 5.00. The van der Waals surface area contributed by atoms with Gasteiger partial charge in [0.1, 0.15) is 0 Å². The monoisotopic (exact) mass is 281 g/mol. The normalized spacial score (nSPS) is 26.6. The number of hydrogen-bond acceptors (Lipinski definition) is 3. The van der Waals surface area contributed by atoms with Crippen LogP contribution in [0.2, 0.25) is 0 Å². The van der Waals surface area contributed by atoms with Gasteiger partial charge in [0.2, 0.25) is 5.91 Å². The summed E-state index contributed by atoms with van der Waals surface area (Å²) in [6, 6.07) is 0.773. The van der Waals surface area contributed by atoms with E-state index in [1.165, 1.54) is 32.2 Å². The number of unbranched alkanes of at least 4 members (excludes halogenated alkanes) is 1. The Hall–Kier alpha value is -0.610. The molecule has 116 valence electrons. The van der Waals surface area contributed by atoms with Crippen molar-refractivity contribution < 1.29 is 4.79 Å². The van der Waals surface area contributed by atoms with Gasteiger partial charge in [-0.3, -0.25) is 9.69 Å². The van der Waals surface area contributed by atoms with Crippen LogP contribution in [0.1, 0.15) is 52.4 Å². The van der Waals surface area contributed by atoms with Gasteiger partial charge in [-0.05, 0) is 64.6 Å². The summed E-state index contributed by atoms with van der Waals surface area (Å²) in [7, 11) is 0. The first-order valence-corrected chi connectivity index (χ1v) is 8.47. The molecule has 2 aliphatic heterocycles. The number of rotatable bonds is 6. The fourth-order valence-electron chi connectivity index (χ4n) is 3.52. The second kappa shape index (κ2) is 7.99. The second-order valence-corrected chi connectivity index (χ2v) is 6.40. The molecular formula is C16H31N3O. The van der Waals surface area contributed by atoms with Crippen molar-refractivity contribution in [3.63, 3.8) is 0 Å². The molecule has 0 aliphatic carbocycles. The highest BCUT2D eigenvalue weighted by Crippen LogP contribution is 2.26. The van der Waals surface area contributed by atoms with Crippen LogP contribution in [0.15, 0.2) is 0 Å². The Morgan fingerprint density at radius 3 is 2.70 bits per heavy atom. The van der Waals surface area contributed by atoms with Crippen molar-refractivity contribution in [2.45, 2.75) is 64.5 Å². The van der Waals surface area contributed by atoms with Crippen LogP contribution in [0.5, 0.6) is 0 Å². The van der Waals surface area contributed by atoms with Crippen molar-refractivity contribution in [1.82, 2.24) is 15.5 Å². The third-order valence-electron chi connectivity index (χ3n) is 5.00. The lowest BCUT2D eigenvalue weighted by Crippen LogP contribution is -2.50. The molecule has 0 bridgehead atoms. The second-order valence-electron chi connectivity index (χ2n) is 6.40. The SMILES string of the molecule is CCCCNC(=O)C(C)N1CCC(C2CCCN2)CC1. The number of carbonyl (C=O) groups is 1. The molecule has 0 radical (unpaired) electrons. The molecule has 0 aromatic heterocycles. The lowest BCUT2D eigenvalue weighted by Gasteiger charge is -2.37. The number of likely N-dealkylation sites (tertiary alicyclic amines) is 1. The van der Waals surface area contributed by atoms with E-state index in [1.807, 2.05) is 0 Å². The maximum atomic E-state index is 12.1. The maximum Gasteiger partial charge on any atom is 0.237 e. The highest BCUT2D eigenvalue weighted by molar-refractivity contribution is 5.81. The summed E-state index contributed by atoms with van der Waals surface area (Å²) >= 11 is 0. The first-order valence-electron chi connectivity index (χ1n) is 8.47. The van der Waals surface area contributed by atoms with Gasteiger partial charge in [0.25, 0.3) is 0 Å². The Balaban J connectivity index is 1.70. The summed E-state index contributed by atoms with van der Waals surface area (Å²) in [6.45, 7) is 8.37. The summed E-state index contributed by atoms with van der Waals surface area (Å²) in [5, 5.41) is 6.68. The molecule has 2 N–H and O–H groups in total. The smallest absolute Gasteiger partial charge is 0.237 e. The predicted octanol–water partition coefficient (Wildman–Crippen LogP) is 1.76. The molecule has 2 atom stereocenters. The predicted molar refractivity (Wildman–Crippen MR) is 82.7 cm³/mol. The molecule has 2 heterocycles. The van der Waals surface area contributed by atoms with E-state index < -0.39 is 0 Å². The van der Waals surface area contributed by atoms with Crippen LogP contribution in [-0.2, 0) is 4.79 Å². The van der Waals surface area contributed by atoms with Gasteiger partial charge in [0, 0.05) is 12.6 Å². The largest absolute Gasteiger partial charge is 0.355 e. The lowest BCUT2D eigenvalue weighted by atomic mass is 9.88. The van der Waals surface area contributed by atoms with Crippen LogP contribution in [0.4, 0.5) is 0 Å². The van der Waals surface area contributed by atoms with Crippen LogP contribution in [0.3, 0.4) is 0 Å². The molecule has 2 saturated heterocycles. The standard InChI is InChI=1S/C16H31N3O/c1-3-4-9-18-16(20)13(2)19-11-7-14(8-12-19)15-6-5-10-17-15/h13-15,17H,3-12H2,1-2H3,(H,18,20). The van der Waals surface area contributed by atoms with E-state index >= 15 is 0 Å². The van der Waals surface area contributed by atoms with E-state index in [0.717, 1.165) is 44.4 Å². The zero-order chi connectivity index (χ0) is 14.4. The minimum atomic E-state index is 0.0318. The zero-order valence-electron chi connectivity index (χ0n) is 13.2. The molecule has 1 amide bonds. The van der Waals surface area contributed by atoms with Crippen LogP contribution < -0.4 is 10.6 Å². The molecule has 0 aromatic carbocycles. The van der Waals surface area contributed by atoms with Crippen molar-refractivity contribution in [3.8, 4) is 0 Å². The molecule has 2 unspecified atom stereocenters. The van der Waals surface area contributed by atoms with E-state index in [1.54, 1.807) is 0 Å². The van der Waals surface area contributed by atoms with Crippen molar-refractivity contribution in [2.24, 2.45) is 5.92 Å². The maximum absolute atomic E-state index is 12.1. The molecule has 2 rings (SSSR count). The number of amides is 1. The molecule has 20 heavy (non-hydrogen) atoms. The molecule has 2 fully saturated rings. The van der Waals surface area contributed by atoms with Gasteiger partial charge in [-0.25, -0.2) is 0 Å². The van der Waals surface area contributed by atoms with E-state index in [-0.39, 0.29) is 11.9 Å². The summed E-state index contributed by atoms with van der Waals surface area (Å²) in [4.78, 5) is 14.4. The number of nitrogens with one attached hydrogen (secondary N) is 2. The van der Waals surface area contributed by atoms with Crippen molar-refractivity contribution in [3.05, 3.63) is 0 Å². The van der Waals surface area contributed by atoms with Gasteiger partial charge >= 0.3 is 0 Å². The Labute approximate surface area is 123 Å². The first-order chi connectivity index (χ1) is 9.72. The lowest BCUT2D eigenvalue weighted by molar-refractivity contribution is -0.126. The summed E-state index contributed by atoms with van der Waals surface area (Å²) < 4.78 is 0. The number of piperidine rings is 1. The molecule has 0 saturated carbocycles. The van der Waals surface area contributed by atoms with Crippen molar-refractivity contribution >= 4 is 5.91 Å². The van der Waals surface area contributed by atoms with E-state index in [0.29, 0.717) is 0 Å². The minimum Gasteiger partial charge on any atom is -0.355 e. The molecule has 4 heteroatoms. The summed E-state index contributed by atoms with van der Waals surface area (Å²) in [6.07, 6.45) is 7.37. The summed E-state index contributed by atoms with van der Waals surface area (Å²) in [5.74, 6) is 1.03. The van der Waals surface area contributed by atoms with Crippen LogP contribution >= 0.6 is 0 Å². The number of hydrogen-bond donors (Lipinski definition) is 2. The fraction of sp³-hybridized carbons (Fsp3) is 0.938. The first kappa shape index (κ1) is 15.8. The van der Waals surface area contributed by atoms with Gasteiger partial charge in [-0.2, -0.15) is 0 Å². The van der Waals surface area contributed by atoms with E-state index in [9.17, 15) is 4.79 Å². The Bertz CT molecular complexity index is 294. The van der Waals surface area contributed by atoms with Gasteiger partial charge in [0.05, 0.1) is 6.04 Å². The Kier molecular flexibility index (Phi) is 6.30. The summed E-state index contributed by atoms with van der Waals surface area (Å²) in [5.41, 5.74) is 0. The third kappa shape index (κ3) is 4.19. The average Bonchev–Trinajstić information content (AvgIpc) is 3.01. The molecule has 0 spiro atoms. The number of nitrogens with zero attached hydrogens (tertiary/aromatic N) is 1. The highest BCUT2D eigenvalue weighted by atomic mass is 16.2. The highest BCUT2D eigenvalue weighted by Gasteiger charge is 2.31. The average molecular weight is 281 g/mol. The zero-order valence-corrected chi connectivity index (χ0v) is 13.2.